The number of nitrogens with one attached hydrogen (secondary N) is 1. The number of nitrogens with two attached hydrogens (primary N) is 1. The number of hydrazone groups is 1. The summed E-state index contributed by atoms with van der Waals surface area (Å²) in [5.41, 5.74) is 10.5. The van der Waals surface area contributed by atoms with Crippen molar-refractivity contribution in [1.29, 1.82) is 0 Å². The first-order valence-electron chi connectivity index (χ1n) is 8.38. The summed E-state index contributed by atoms with van der Waals surface area (Å²) in [5, 5.41) is 6.32. The Kier molecular flexibility index (Phi) is 5.17. The fourth-order valence-electron chi connectivity index (χ4n) is 2.52. The van der Waals surface area contributed by atoms with Crippen LogP contribution >= 0.6 is 0 Å². The van der Waals surface area contributed by atoms with E-state index in [1.54, 1.807) is 19.1 Å². The van der Waals surface area contributed by atoms with Crippen LogP contribution in [0.15, 0.2) is 71.8 Å². The highest BCUT2D eigenvalue weighted by atomic mass is 16.5. The van der Waals surface area contributed by atoms with E-state index in [1.165, 1.54) is 0 Å². The van der Waals surface area contributed by atoms with Crippen molar-refractivity contribution in [2.45, 2.75) is 20.0 Å². The van der Waals surface area contributed by atoms with Crippen LogP contribution in [-0.4, -0.2) is 17.7 Å². The molecule has 3 N–H and O–H groups in total. The highest BCUT2D eigenvalue weighted by Crippen LogP contribution is 2.21. The second-order valence-electron chi connectivity index (χ2n) is 6.06. The summed E-state index contributed by atoms with van der Waals surface area (Å²) in [5.74, 6) is 0.332. The van der Waals surface area contributed by atoms with Crippen molar-refractivity contribution in [3.05, 3.63) is 72.3 Å². The van der Waals surface area contributed by atoms with Gasteiger partial charge in [0.1, 0.15) is 5.75 Å². The number of hydrogen-bond acceptors (Lipinski definition) is 4. The van der Waals surface area contributed by atoms with Crippen LogP contribution < -0.4 is 15.9 Å². The summed E-state index contributed by atoms with van der Waals surface area (Å²) in [6, 6.07) is 21.0. The molecule has 0 bridgehead atoms. The second-order valence-corrected chi connectivity index (χ2v) is 6.06. The third-order valence-corrected chi connectivity index (χ3v) is 4.07. The van der Waals surface area contributed by atoms with Crippen molar-refractivity contribution >= 4 is 28.1 Å². The molecule has 1 atom stereocenters. The Morgan fingerprint density at radius 3 is 2.46 bits per heavy atom. The molecule has 0 heterocycles. The van der Waals surface area contributed by atoms with E-state index in [1.807, 2.05) is 61.5 Å². The Morgan fingerprint density at radius 2 is 1.73 bits per heavy atom. The van der Waals surface area contributed by atoms with Crippen LogP contribution in [0, 0.1) is 0 Å². The van der Waals surface area contributed by atoms with E-state index in [0.29, 0.717) is 17.1 Å². The highest BCUT2D eigenvalue weighted by molar-refractivity contribution is 5.99. The van der Waals surface area contributed by atoms with Gasteiger partial charge in [0.05, 0.1) is 5.71 Å². The maximum atomic E-state index is 12.2. The van der Waals surface area contributed by atoms with Crippen LogP contribution in [0.25, 0.3) is 10.8 Å². The number of carbonyl (C=O) groups excluding carboxylic acids is 1. The van der Waals surface area contributed by atoms with Crippen molar-refractivity contribution in [2.75, 3.05) is 5.73 Å². The number of amides is 1. The van der Waals surface area contributed by atoms with Crippen molar-refractivity contribution in [1.82, 2.24) is 5.43 Å². The minimum atomic E-state index is -0.667. The number of nitrogen functional groups attached to an aromatic ring is 1. The lowest BCUT2D eigenvalue weighted by Gasteiger charge is -2.14. The van der Waals surface area contributed by atoms with Crippen LogP contribution in [0.3, 0.4) is 0 Å². The van der Waals surface area contributed by atoms with Crippen molar-refractivity contribution in [2.24, 2.45) is 5.10 Å². The lowest BCUT2D eigenvalue weighted by atomic mass is 10.1. The summed E-state index contributed by atoms with van der Waals surface area (Å²) >= 11 is 0. The molecular formula is C21H21N3O2. The monoisotopic (exact) mass is 347 g/mol. The van der Waals surface area contributed by atoms with Crippen LogP contribution in [-0.2, 0) is 4.79 Å². The summed E-state index contributed by atoms with van der Waals surface area (Å²) in [4.78, 5) is 12.2. The Balaban J connectivity index is 1.63. The lowest BCUT2D eigenvalue weighted by molar-refractivity contribution is -0.127. The number of ether oxygens (including phenoxy) is 1. The SMILES string of the molecule is C/C(=N/NC(=O)[C@H](C)Oc1ccc2ccccc2c1)c1ccc(N)cc1. The maximum Gasteiger partial charge on any atom is 0.280 e. The van der Waals surface area contributed by atoms with Crippen LogP contribution in [0.2, 0.25) is 0 Å². The van der Waals surface area contributed by atoms with Crippen molar-refractivity contribution in [3.63, 3.8) is 0 Å². The van der Waals surface area contributed by atoms with Gasteiger partial charge < -0.3 is 10.5 Å². The van der Waals surface area contributed by atoms with Gasteiger partial charge in [-0.1, -0.05) is 42.5 Å². The number of benzene rings is 3. The minimum Gasteiger partial charge on any atom is -0.481 e. The molecule has 132 valence electrons. The summed E-state index contributed by atoms with van der Waals surface area (Å²) in [6.45, 7) is 3.51. The molecule has 0 aliphatic heterocycles. The summed E-state index contributed by atoms with van der Waals surface area (Å²) in [7, 11) is 0. The number of carbonyl (C=O) groups is 1. The number of fused-ring (bicyclic) bond motifs is 1. The first kappa shape index (κ1) is 17.5. The topological polar surface area (TPSA) is 76.7 Å². The quantitative estimate of drug-likeness (QED) is 0.419. The van der Waals surface area contributed by atoms with E-state index in [-0.39, 0.29) is 5.91 Å². The summed E-state index contributed by atoms with van der Waals surface area (Å²) in [6.07, 6.45) is -0.667. The molecule has 3 aromatic carbocycles. The minimum absolute atomic E-state index is 0.312. The van der Waals surface area contributed by atoms with Crippen LogP contribution in [0.1, 0.15) is 19.4 Å². The molecule has 0 unspecified atom stereocenters. The van der Waals surface area contributed by atoms with E-state index in [9.17, 15) is 4.79 Å². The number of hydrogen-bond donors (Lipinski definition) is 2. The molecule has 0 saturated carbocycles. The first-order chi connectivity index (χ1) is 12.5. The summed E-state index contributed by atoms with van der Waals surface area (Å²) < 4.78 is 5.74. The molecule has 0 saturated heterocycles. The number of rotatable bonds is 5. The van der Waals surface area contributed by atoms with E-state index in [0.717, 1.165) is 16.3 Å². The van der Waals surface area contributed by atoms with Crippen LogP contribution in [0.5, 0.6) is 5.75 Å². The molecule has 0 aromatic heterocycles. The normalized spacial score (nSPS) is 12.6. The van der Waals surface area contributed by atoms with Gasteiger partial charge in [0, 0.05) is 5.69 Å². The molecule has 0 aliphatic carbocycles. The average molecular weight is 347 g/mol. The van der Waals surface area contributed by atoms with Gasteiger partial charge in [0.2, 0.25) is 0 Å². The Morgan fingerprint density at radius 1 is 1.04 bits per heavy atom. The Labute approximate surface area is 152 Å². The molecule has 1 amide bonds. The highest BCUT2D eigenvalue weighted by Gasteiger charge is 2.14. The van der Waals surface area contributed by atoms with E-state index in [2.05, 4.69) is 10.5 Å². The predicted octanol–water partition coefficient (Wildman–Crippen LogP) is 3.73. The zero-order valence-corrected chi connectivity index (χ0v) is 14.8. The van der Waals surface area contributed by atoms with Gasteiger partial charge in [-0.05, 0) is 54.4 Å². The molecule has 3 aromatic rings. The van der Waals surface area contributed by atoms with Gasteiger partial charge in [-0.2, -0.15) is 5.10 Å². The first-order valence-corrected chi connectivity index (χ1v) is 8.38. The molecule has 0 spiro atoms. The molecular weight excluding hydrogens is 326 g/mol. The van der Waals surface area contributed by atoms with Gasteiger partial charge >= 0.3 is 0 Å². The standard InChI is InChI=1S/C21H21N3O2/c1-14(16-7-10-19(22)11-8-16)23-24-21(25)15(2)26-20-12-9-17-5-3-4-6-18(17)13-20/h3-13,15H,22H2,1-2H3,(H,24,25)/b23-14-/t15-/m0/s1. The fourth-order valence-corrected chi connectivity index (χ4v) is 2.52. The molecule has 26 heavy (non-hydrogen) atoms. The van der Waals surface area contributed by atoms with Crippen molar-refractivity contribution in [3.8, 4) is 5.75 Å². The Hall–Kier alpha value is -3.34. The molecule has 0 aliphatic rings. The molecule has 3 rings (SSSR count). The van der Waals surface area contributed by atoms with Gasteiger partial charge in [-0.25, -0.2) is 5.43 Å². The van der Waals surface area contributed by atoms with E-state index < -0.39 is 6.10 Å². The Bertz CT molecular complexity index is 949. The van der Waals surface area contributed by atoms with Gasteiger partial charge in [-0.3, -0.25) is 4.79 Å². The van der Waals surface area contributed by atoms with Crippen LogP contribution in [0.4, 0.5) is 5.69 Å². The number of anilines is 1. The zero-order chi connectivity index (χ0) is 18.5. The maximum absolute atomic E-state index is 12.2. The third kappa shape index (κ3) is 4.19. The lowest BCUT2D eigenvalue weighted by Crippen LogP contribution is -2.33. The van der Waals surface area contributed by atoms with Gasteiger partial charge in [0.15, 0.2) is 6.10 Å². The smallest absolute Gasteiger partial charge is 0.280 e. The van der Waals surface area contributed by atoms with Gasteiger partial charge in [-0.15, -0.1) is 0 Å². The van der Waals surface area contributed by atoms with Crippen molar-refractivity contribution < 1.29 is 9.53 Å². The molecule has 0 fully saturated rings. The third-order valence-electron chi connectivity index (χ3n) is 4.07. The number of nitrogens with zero attached hydrogens (tertiary/aromatic N) is 1. The molecule has 5 nitrogen and oxygen atoms in total. The fraction of sp³-hybridized carbons (Fsp3) is 0.143. The second kappa shape index (κ2) is 7.70. The molecule has 0 radical (unpaired) electrons. The molecule has 5 heteroatoms. The average Bonchev–Trinajstić information content (AvgIpc) is 2.66. The van der Waals surface area contributed by atoms with Gasteiger partial charge in [0.25, 0.3) is 5.91 Å². The van der Waals surface area contributed by atoms with E-state index in [4.69, 9.17) is 10.5 Å². The largest absolute Gasteiger partial charge is 0.481 e. The van der Waals surface area contributed by atoms with E-state index >= 15 is 0 Å². The predicted molar refractivity (Wildman–Crippen MR) is 105 cm³/mol. The zero-order valence-electron chi connectivity index (χ0n) is 14.8.